The van der Waals surface area contributed by atoms with E-state index in [2.05, 4.69) is 36.1 Å². The fraction of sp³-hybridized carbons (Fsp3) is 0.455. The zero-order valence-electron chi connectivity index (χ0n) is 15.1. The number of fused-ring (bicyclic) bond motifs is 5. The Morgan fingerprint density at radius 1 is 1.15 bits per heavy atom. The van der Waals surface area contributed by atoms with Gasteiger partial charge in [0.15, 0.2) is 6.79 Å². The van der Waals surface area contributed by atoms with E-state index < -0.39 is 0 Å². The topological polar surface area (TPSA) is 21.7 Å². The molecule has 3 aliphatic rings. The van der Waals surface area contributed by atoms with Gasteiger partial charge in [-0.3, -0.25) is 4.90 Å². The number of halogens is 1. The second-order valence-electron chi connectivity index (χ2n) is 7.90. The fourth-order valence-electron chi connectivity index (χ4n) is 5.22. The molecule has 1 saturated heterocycles. The van der Waals surface area contributed by atoms with Crippen LogP contribution in [0.25, 0.3) is 0 Å². The molecule has 2 aliphatic heterocycles. The molecule has 0 amide bonds. The van der Waals surface area contributed by atoms with Crippen molar-refractivity contribution in [2.45, 2.75) is 50.3 Å². The lowest BCUT2D eigenvalue weighted by Gasteiger charge is -2.45. The standard InChI is InChI=1S/C22H24FNO2/c1-22(11-5-7-15-6-2-3-8-17(15)22)24-13-16-12-20(24)26-14-25-19-10-4-9-18(23)21(16)19/h2-4,6,8-10,16,20H,5,7,11-14H2,1H3/t16-,20?,22+/m0/s1. The number of hydrogen-bond donors (Lipinski definition) is 0. The first-order chi connectivity index (χ1) is 12.7. The lowest BCUT2D eigenvalue weighted by Crippen LogP contribution is -2.49. The van der Waals surface area contributed by atoms with Gasteiger partial charge >= 0.3 is 0 Å². The van der Waals surface area contributed by atoms with E-state index in [-0.39, 0.29) is 30.3 Å². The van der Waals surface area contributed by atoms with Crippen molar-refractivity contribution in [1.29, 1.82) is 0 Å². The van der Waals surface area contributed by atoms with Gasteiger partial charge in [0.25, 0.3) is 0 Å². The highest BCUT2D eigenvalue weighted by atomic mass is 19.1. The molecule has 0 aromatic heterocycles. The van der Waals surface area contributed by atoms with E-state index in [4.69, 9.17) is 9.47 Å². The molecule has 136 valence electrons. The van der Waals surface area contributed by atoms with Gasteiger partial charge < -0.3 is 9.47 Å². The number of rotatable bonds is 1. The lowest BCUT2D eigenvalue weighted by molar-refractivity contribution is -0.128. The predicted molar refractivity (Wildman–Crippen MR) is 97.6 cm³/mol. The second-order valence-corrected chi connectivity index (χ2v) is 7.90. The van der Waals surface area contributed by atoms with Crippen molar-refractivity contribution in [3.8, 4) is 5.75 Å². The normalized spacial score (nSPS) is 30.7. The highest BCUT2D eigenvalue weighted by Crippen LogP contribution is 2.48. The number of nitrogens with zero attached hydrogens (tertiary/aromatic N) is 1. The molecule has 0 spiro atoms. The van der Waals surface area contributed by atoms with Gasteiger partial charge in [0.2, 0.25) is 0 Å². The van der Waals surface area contributed by atoms with Gasteiger partial charge in [-0.2, -0.15) is 0 Å². The molecule has 2 aromatic rings. The molecule has 0 saturated carbocycles. The third kappa shape index (κ3) is 2.39. The molecule has 3 atom stereocenters. The van der Waals surface area contributed by atoms with Crippen molar-refractivity contribution >= 4 is 0 Å². The molecular weight excluding hydrogens is 329 g/mol. The molecule has 2 aromatic carbocycles. The van der Waals surface area contributed by atoms with Crippen molar-refractivity contribution in [3.05, 3.63) is 65.0 Å². The monoisotopic (exact) mass is 353 g/mol. The number of likely N-dealkylation sites (tertiary alicyclic amines) is 1. The zero-order valence-corrected chi connectivity index (χ0v) is 15.1. The van der Waals surface area contributed by atoms with E-state index >= 15 is 0 Å². The Balaban J connectivity index is 1.56. The number of hydrogen-bond acceptors (Lipinski definition) is 3. The Morgan fingerprint density at radius 3 is 2.96 bits per heavy atom. The first-order valence-electron chi connectivity index (χ1n) is 9.55. The quantitative estimate of drug-likeness (QED) is 0.750. The summed E-state index contributed by atoms with van der Waals surface area (Å²) in [4.78, 5) is 2.46. The minimum absolute atomic E-state index is 0.0380. The zero-order chi connectivity index (χ0) is 17.7. The Hall–Kier alpha value is -1.91. The van der Waals surface area contributed by atoms with Crippen molar-refractivity contribution in [2.24, 2.45) is 0 Å². The Bertz CT molecular complexity index is 839. The molecule has 26 heavy (non-hydrogen) atoms. The third-order valence-corrected chi connectivity index (χ3v) is 6.49. The van der Waals surface area contributed by atoms with Crippen LogP contribution >= 0.6 is 0 Å². The lowest BCUT2D eigenvalue weighted by atomic mass is 9.76. The summed E-state index contributed by atoms with van der Waals surface area (Å²) >= 11 is 0. The maximum Gasteiger partial charge on any atom is 0.190 e. The minimum Gasteiger partial charge on any atom is -0.467 e. The summed E-state index contributed by atoms with van der Waals surface area (Å²) in [5, 5.41) is 0. The van der Waals surface area contributed by atoms with Crippen LogP contribution in [-0.2, 0) is 16.7 Å². The van der Waals surface area contributed by atoms with Gasteiger partial charge in [0.05, 0.1) is 0 Å². The van der Waals surface area contributed by atoms with Crippen molar-refractivity contribution in [2.75, 3.05) is 13.3 Å². The minimum atomic E-state index is -0.163. The van der Waals surface area contributed by atoms with Crippen LogP contribution < -0.4 is 4.74 Å². The van der Waals surface area contributed by atoms with Crippen LogP contribution in [0.3, 0.4) is 0 Å². The summed E-state index contributed by atoms with van der Waals surface area (Å²) in [6.45, 7) is 3.29. The van der Waals surface area contributed by atoms with Crippen LogP contribution in [0.2, 0.25) is 0 Å². The van der Waals surface area contributed by atoms with Gasteiger partial charge in [-0.25, -0.2) is 4.39 Å². The van der Waals surface area contributed by atoms with E-state index in [1.54, 1.807) is 12.1 Å². The average Bonchev–Trinajstić information content (AvgIpc) is 3.07. The number of ether oxygens (including phenoxy) is 2. The molecular formula is C22H24FNO2. The Morgan fingerprint density at radius 2 is 2.04 bits per heavy atom. The first-order valence-corrected chi connectivity index (χ1v) is 9.55. The number of aryl methyl sites for hydroxylation is 1. The van der Waals surface area contributed by atoms with Crippen LogP contribution in [0.15, 0.2) is 42.5 Å². The summed E-state index contributed by atoms with van der Waals surface area (Å²) < 4.78 is 26.4. The van der Waals surface area contributed by atoms with Gasteiger partial charge in [-0.15, -0.1) is 0 Å². The maximum atomic E-state index is 14.6. The SMILES string of the molecule is C[C@@]1(N2C[C@@H]3CC2OCOc2cccc(F)c23)CCCc2ccccc21. The van der Waals surface area contributed by atoms with Gasteiger partial charge in [-0.1, -0.05) is 30.3 Å². The molecule has 4 heteroatoms. The van der Waals surface area contributed by atoms with Crippen LogP contribution in [-0.4, -0.2) is 24.5 Å². The molecule has 5 rings (SSSR count). The van der Waals surface area contributed by atoms with Gasteiger partial charge in [0.1, 0.15) is 17.8 Å². The molecule has 1 unspecified atom stereocenters. The summed E-state index contributed by atoms with van der Waals surface area (Å²) in [6, 6.07) is 13.8. The smallest absolute Gasteiger partial charge is 0.190 e. The molecule has 1 aliphatic carbocycles. The van der Waals surface area contributed by atoms with Crippen LogP contribution in [0, 0.1) is 5.82 Å². The van der Waals surface area contributed by atoms with Crippen molar-refractivity contribution < 1.29 is 13.9 Å². The molecule has 0 radical (unpaired) electrons. The molecule has 0 N–H and O–H groups in total. The summed E-state index contributed by atoms with van der Waals surface area (Å²) in [5.41, 5.74) is 3.47. The van der Waals surface area contributed by atoms with E-state index in [0.29, 0.717) is 5.75 Å². The fourth-order valence-corrected chi connectivity index (χ4v) is 5.22. The predicted octanol–water partition coefficient (Wildman–Crippen LogP) is 4.56. The van der Waals surface area contributed by atoms with E-state index in [1.165, 1.54) is 17.5 Å². The average molecular weight is 353 g/mol. The Labute approximate surface area is 153 Å². The van der Waals surface area contributed by atoms with Crippen LogP contribution in [0.1, 0.15) is 48.8 Å². The molecule has 1 fully saturated rings. The number of benzene rings is 2. The van der Waals surface area contributed by atoms with Crippen LogP contribution in [0.5, 0.6) is 5.75 Å². The maximum absolute atomic E-state index is 14.6. The van der Waals surface area contributed by atoms with E-state index in [1.807, 2.05) is 6.07 Å². The summed E-state index contributed by atoms with van der Waals surface area (Å²) in [7, 11) is 0. The second kappa shape index (κ2) is 6.07. The summed E-state index contributed by atoms with van der Waals surface area (Å²) in [5.74, 6) is 0.566. The van der Waals surface area contributed by atoms with Crippen molar-refractivity contribution in [3.63, 3.8) is 0 Å². The van der Waals surface area contributed by atoms with E-state index in [0.717, 1.165) is 31.4 Å². The van der Waals surface area contributed by atoms with Crippen molar-refractivity contribution in [1.82, 2.24) is 4.90 Å². The summed E-state index contributed by atoms with van der Waals surface area (Å²) in [6.07, 6.45) is 4.18. The van der Waals surface area contributed by atoms with E-state index in [9.17, 15) is 4.39 Å². The molecule has 2 bridgehead atoms. The highest BCUT2D eigenvalue weighted by Gasteiger charge is 2.48. The van der Waals surface area contributed by atoms with Gasteiger partial charge in [-0.05, 0) is 55.9 Å². The molecule has 2 heterocycles. The van der Waals surface area contributed by atoms with Crippen LogP contribution in [0.4, 0.5) is 4.39 Å². The molecule has 3 nitrogen and oxygen atoms in total. The highest BCUT2D eigenvalue weighted by molar-refractivity contribution is 5.40. The van der Waals surface area contributed by atoms with Gasteiger partial charge in [0, 0.05) is 23.6 Å². The largest absolute Gasteiger partial charge is 0.467 e. The third-order valence-electron chi connectivity index (χ3n) is 6.49. The Kier molecular flexibility index (Phi) is 3.80. The first kappa shape index (κ1) is 16.3.